The zero-order chi connectivity index (χ0) is 68.0. The molecule has 0 saturated heterocycles. The Hall–Kier alpha value is -2.46. The predicted molar refractivity (Wildman–Crippen MR) is 372 cm³/mol. The molecule has 17 nitrogen and oxygen atoms in total. The van der Waals surface area contributed by atoms with Gasteiger partial charge in [-0.2, -0.15) is 0 Å². The number of hydrogen-bond donors (Lipinski definition) is 3. The largest absolute Gasteiger partial charge is 0.472 e. The van der Waals surface area contributed by atoms with Crippen LogP contribution in [0.2, 0.25) is 0 Å². The second-order valence-corrected chi connectivity index (χ2v) is 29.5. The van der Waals surface area contributed by atoms with Crippen LogP contribution in [0.25, 0.3) is 0 Å². The van der Waals surface area contributed by atoms with Crippen LogP contribution >= 0.6 is 15.6 Å². The van der Waals surface area contributed by atoms with Crippen LogP contribution in [0.3, 0.4) is 0 Å². The van der Waals surface area contributed by atoms with E-state index < -0.39 is 97.5 Å². The summed E-state index contributed by atoms with van der Waals surface area (Å²) >= 11 is 0. The number of phosphoric ester groups is 2. The van der Waals surface area contributed by atoms with Gasteiger partial charge in [0.1, 0.15) is 19.3 Å². The smallest absolute Gasteiger partial charge is 0.462 e. The number of phosphoric acid groups is 2. The van der Waals surface area contributed by atoms with Crippen LogP contribution < -0.4 is 0 Å². The molecule has 0 saturated carbocycles. The van der Waals surface area contributed by atoms with Crippen molar-refractivity contribution in [1.29, 1.82) is 0 Å². The van der Waals surface area contributed by atoms with Crippen molar-refractivity contribution in [3.8, 4) is 0 Å². The average Bonchev–Trinajstić information content (AvgIpc) is 3.43. The van der Waals surface area contributed by atoms with Crippen molar-refractivity contribution in [1.82, 2.24) is 0 Å². The fourth-order valence-corrected chi connectivity index (χ4v) is 12.0. The van der Waals surface area contributed by atoms with Crippen LogP contribution in [0.5, 0.6) is 0 Å². The van der Waals surface area contributed by atoms with Gasteiger partial charge in [0.05, 0.1) is 26.4 Å². The number of unbranched alkanes of at least 4 members (excludes halogenated alkanes) is 32. The van der Waals surface area contributed by atoms with Crippen molar-refractivity contribution in [2.45, 2.75) is 362 Å². The van der Waals surface area contributed by atoms with Crippen LogP contribution in [-0.4, -0.2) is 96.7 Å². The maximum atomic E-state index is 13.0. The molecule has 0 aromatic carbocycles. The number of carbonyl (C=O) groups excluding carboxylic acids is 4. The third kappa shape index (κ3) is 63.6. The topological polar surface area (TPSA) is 237 Å². The molecule has 19 heteroatoms. The number of esters is 4. The number of carbonyl (C=O) groups is 4. The summed E-state index contributed by atoms with van der Waals surface area (Å²) in [6, 6.07) is 0. The molecule has 0 fully saturated rings. The number of ether oxygens (including phenoxy) is 4. The molecule has 0 aromatic heterocycles. The minimum absolute atomic E-state index is 0.0989. The van der Waals surface area contributed by atoms with Gasteiger partial charge in [-0.05, 0) is 69.1 Å². The highest BCUT2D eigenvalue weighted by molar-refractivity contribution is 7.47. The van der Waals surface area contributed by atoms with Crippen LogP contribution in [-0.2, 0) is 65.4 Å². The van der Waals surface area contributed by atoms with Crippen LogP contribution in [0, 0.1) is 17.8 Å². The molecule has 0 amide bonds. The molecule has 0 radical (unpaired) electrons. The standard InChI is InChI=1S/C73H138O17P2/c1-8-11-12-13-14-15-16-17-18-19-20-27-32-40-47-54-70(75)83-60-68(89-72(77)56-49-42-33-28-23-21-25-30-38-45-52-65(6)9-2)62-87-91(79,80)85-58-67(74)59-86-92(81,82)88-63-69(61-84-71(76)55-48-41-36-35-37-44-51-64(4)5)90-73(78)57-50-43-34-29-24-22-26-31-39-46-53-66(7)10-3/h15-18,64-69,74H,8-14,19-63H2,1-7H3,(H,79,80)(H,81,82)/b16-15-,18-17-/t65?,66?,67-,68-,69-/m1/s1. The van der Waals surface area contributed by atoms with E-state index in [2.05, 4.69) is 72.8 Å². The molecule has 4 unspecified atom stereocenters. The molecule has 0 aliphatic rings. The fraction of sp³-hybridized carbons (Fsp3) is 0.890. The van der Waals surface area contributed by atoms with E-state index in [-0.39, 0.29) is 25.7 Å². The molecule has 92 heavy (non-hydrogen) atoms. The highest BCUT2D eigenvalue weighted by atomic mass is 31.2. The Morgan fingerprint density at radius 3 is 0.967 bits per heavy atom. The van der Waals surface area contributed by atoms with Gasteiger partial charge in [0.2, 0.25) is 0 Å². The van der Waals surface area contributed by atoms with E-state index >= 15 is 0 Å². The van der Waals surface area contributed by atoms with E-state index in [1.165, 1.54) is 128 Å². The van der Waals surface area contributed by atoms with E-state index in [4.69, 9.17) is 37.0 Å². The first-order chi connectivity index (χ1) is 44.3. The van der Waals surface area contributed by atoms with Crippen molar-refractivity contribution in [3.63, 3.8) is 0 Å². The van der Waals surface area contributed by atoms with E-state index in [9.17, 15) is 43.2 Å². The summed E-state index contributed by atoms with van der Waals surface area (Å²) in [5, 5.41) is 10.6. The number of rotatable bonds is 69. The molecule has 0 aliphatic heterocycles. The summed E-state index contributed by atoms with van der Waals surface area (Å²) in [5.74, 6) is 0.125. The summed E-state index contributed by atoms with van der Waals surface area (Å²) in [4.78, 5) is 72.6. The van der Waals surface area contributed by atoms with Crippen LogP contribution in [0.15, 0.2) is 24.3 Å². The second-order valence-electron chi connectivity index (χ2n) is 26.6. The maximum absolute atomic E-state index is 13.0. The molecule has 3 N–H and O–H groups in total. The lowest BCUT2D eigenvalue weighted by atomic mass is 9.99. The minimum Gasteiger partial charge on any atom is -0.462 e. The van der Waals surface area contributed by atoms with Crippen LogP contribution in [0.4, 0.5) is 0 Å². The fourth-order valence-electron chi connectivity index (χ4n) is 10.5. The number of allylic oxidation sites excluding steroid dienone is 4. The average molecular weight is 1350 g/mol. The Balaban J connectivity index is 5.29. The normalized spacial score (nSPS) is 14.9. The Morgan fingerprint density at radius 2 is 0.641 bits per heavy atom. The van der Waals surface area contributed by atoms with Gasteiger partial charge in [0.25, 0.3) is 0 Å². The van der Waals surface area contributed by atoms with Gasteiger partial charge in [-0.3, -0.25) is 37.3 Å². The van der Waals surface area contributed by atoms with Gasteiger partial charge in [-0.15, -0.1) is 0 Å². The molecule has 0 aliphatic carbocycles. The van der Waals surface area contributed by atoms with Gasteiger partial charge in [0.15, 0.2) is 12.2 Å². The minimum atomic E-state index is -4.96. The van der Waals surface area contributed by atoms with E-state index in [0.29, 0.717) is 31.6 Å². The second kappa shape index (κ2) is 63.3. The Kier molecular flexibility index (Phi) is 61.6. The molecular formula is C73H138O17P2. The summed E-state index contributed by atoms with van der Waals surface area (Å²) < 4.78 is 68.3. The van der Waals surface area contributed by atoms with Gasteiger partial charge >= 0.3 is 39.5 Å². The van der Waals surface area contributed by atoms with Gasteiger partial charge in [-0.1, -0.05) is 291 Å². The Morgan fingerprint density at radius 1 is 0.359 bits per heavy atom. The molecule has 0 heterocycles. The lowest BCUT2D eigenvalue weighted by Crippen LogP contribution is -2.30. The van der Waals surface area contributed by atoms with E-state index in [1.807, 2.05) is 0 Å². The molecule has 0 spiro atoms. The maximum Gasteiger partial charge on any atom is 0.472 e. The van der Waals surface area contributed by atoms with Crippen molar-refractivity contribution < 1.29 is 80.2 Å². The van der Waals surface area contributed by atoms with Gasteiger partial charge in [0, 0.05) is 25.7 Å². The summed E-state index contributed by atoms with van der Waals surface area (Å²) in [7, 11) is -9.92. The first kappa shape index (κ1) is 89.5. The molecule has 0 rings (SSSR count). The van der Waals surface area contributed by atoms with Gasteiger partial charge < -0.3 is 33.8 Å². The first-order valence-corrected chi connectivity index (χ1v) is 40.2. The summed E-state index contributed by atoms with van der Waals surface area (Å²) in [6.07, 6.45) is 50.7. The zero-order valence-electron chi connectivity index (χ0n) is 59.5. The van der Waals surface area contributed by atoms with Crippen molar-refractivity contribution in [3.05, 3.63) is 24.3 Å². The monoisotopic (exact) mass is 1350 g/mol. The lowest BCUT2D eigenvalue weighted by Gasteiger charge is -2.21. The zero-order valence-corrected chi connectivity index (χ0v) is 61.3. The Labute approximate surface area is 561 Å². The number of hydrogen-bond acceptors (Lipinski definition) is 15. The van der Waals surface area contributed by atoms with E-state index in [1.54, 1.807) is 0 Å². The highest BCUT2D eigenvalue weighted by Crippen LogP contribution is 2.45. The predicted octanol–water partition coefficient (Wildman–Crippen LogP) is 20.6. The summed E-state index contributed by atoms with van der Waals surface area (Å²) in [5.41, 5.74) is 0. The van der Waals surface area contributed by atoms with Crippen molar-refractivity contribution in [2.75, 3.05) is 39.6 Å². The van der Waals surface area contributed by atoms with E-state index in [0.717, 1.165) is 127 Å². The lowest BCUT2D eigenvalue weighted by molar-refractivity contribution is -0.161. The molecule has 0 aromatic rings. The molecule has 542 valence electrons. The van der Waals surface area contributed by atoms with Crippen molar-refractivity contribution >= 4 is 39.5 Å². The van der Waals surface area contributed by atoms with Gasteiger partial charge in [-0.25, -0.2) is 9.13 Å². The molecular weight excluding hydrogens is 1210 g/mol. The van der Waals surface area contributed by atoms with Crippen molar-refractivity contribution in [2.24, 2.45) is 17.8 Å². The first-order valence-electron chi connectivity index (χ1n) is 37.2. The number of aliphatic hydroxyl groups is 1. The number of aliphatic hydroxyl groups excluding tert-OH is 1. The summed E-state index contributed by atoms with van der Waals surface area (Å²) in [6.45, 7) is 11.8. The highest BCUT2D eigenvalue weighted by Gasteiger charge is 2.30. The quantitative estimate of drug-likeness (QED) is 0.0169. The Bertz CT molecular complexity index is 1900. The third-order valence-electron chi connectivity index (χ3n) is 17.0. The third-order valence-corrected chi connectivity index (χ3v) is 18.9. The SMILES string of the molecule is CCCCCC/C=C\C=C/CCCCCCCC(=O)OC[C@H](COP(=O)(O)OC[C@@H](O)COP(=O)(O)OC[C@@H](COC(=O)CCCCCCCCC(C)C)OC(=O)CCCCCCCCCCCCC(C)CC)OC(=O)CCCCCCCCCCCCC(C)CC. The van der Waals surface area contributed by atoms with Crippen LogP contribution in [0.1, 0.15) is 344 Å². The molecule has 7 atom stereocenters. The molecule has 0 bridgehead atoms.